The fraction of sp³-hybridized carbons (Fsp3) is 0.167. The Morgan fingerprint density at radius 3 is 2.96 bits per heavy atom. The van der Waals surface area contributed by atoms with Crippen molar-refractivity contribution in [1.29, 1.82) is 5.26 Å². The normalized spacial score (nSPS) is 11.5. The average Bonchev–Trinajstić information content (AvgIpc) is 3.32. The fourth-order valence-electron chi connectivity index (χ4n) is 2.43. The molecule has 7 heteroatoms. The van der Waals surface area contributed by atoms with Gasteiger partial charge in [0, 0.05) is 18.0 Å². The van der Waals surface area contributed by atoms with Crippen LogP contribution in [0, 0.1) is 11.3 Å². The van der Waals surface area contributed by atoms with Crippen molar-refractivity contribution in [2.45, 2.75) is 12.6 Å². The number of hydrogen-bond donors (Lipinski definition) is 1. The number of amides is 1. The van der Waals surface area contributed by atoms with E-state index in [0.717, 1.165) is 0 Å². The van der Waals surface area contributed by atoms with E-state index in [2.05, 4.69) is 16.4 Å². The molecule has 3 aromatic rings. The summed E-state index contributed by atoms with van der Waals surface area (Å²) in [5.74, 6) is 0.836. The lowest BCUT2D eigenvalue weighted by Gasteiger charge is -2.14. The van der Waals surface area contributed by atoms with Crippen LogP contribution in [-0.4, -0.2) is 22.6 Å². The van der Waals surface area contributed by atoms with E-state index in [-0.39, 0.29) is 5.76 Å². The van der Waals surface area contributed by atoms with Crippen LogP contribution in [0.15, 0.2) is 59.5 Å². The highest BCUT2D eigenvalue weighted by atomic mass is 16.5. The zero-order valence-electron chi connectivity index (χ0n) is 13.5. The first kappa shape index (κ1) is 16.3. The molecule has 1 atom stereocenters. The highest BCUT2D eigenvalue weighted by Crippen LogP contribution is 2.24. The predicted octanol–water partition coefficient (Wildman–Crippen LogP) is 2.53. The maximum absolute atomic E-state index is 12.4. The van der Waals surface area contributed by atoms with Gasteiger partial charge in [-0.2, -0.15) is 5.26 Å². The minimum atomic E-state index is -0.842. The first-order valence-corrected chi connectivity index (χ1v) is 7.59. The third kappa shape index (κ3) is 3.70. The van der Waals surface area contributed by atoms with Crippen LogP contribution in [0.5, 0.6) is 5.75 Å². The number of nitrogens with zero attached hydrogens (tertiary/aromatic N) is 3. The molecule has 25 heavy (non-hydrogen) atoms. The van der Waals surface area contributed by atoms with Gasteiger partial charge in [0.05, 0.1) is 26.1 Å². The Morgan fingerprint density at radius 1 is 1.40 bits per heavy atom. The number of carbonyl (C=O) groups excluding carboxylic acids is 1. The number of ether oxygens (including phenoxy) is 1. The second kappa shape index (κ2) is 7.36. The maximum atomic E-state index is 12.4. The molecule has 0 aliphatic heterocycles. The van der Waals surface area contributed by atoms with Gasteiger partial charge in [-0.25, -0.2) is 4.98 Å². The summed E-state index contributed by atoms with van der Waals surface area (Å²) in [6.07, 6.45) is 5.13. The number of aromatic nitrogens is 2. The molecule has 1 aromatic carbocycles. The van der Waals surface area contributed by atoms with Crippen LogP contribution in [-0.2, 0) is 6.54 Å². The van der Waals surface area contributed by atoms with Crippen molar-refractivity contribution in [3.63, 3.8) is 0 Å². The number of hydrogen-bond acceptors (Lipinski definition) is 5. The molecule has 1 amide bonds. The molecule has 0 spiro atoms. The standard InChI is InChI=1S/C18H16N4O3/c1-24-16-5-3-2-4-14(16)15(10-19)21-18(23)17-7-6-13(25-17)11-22-9-8-20-12-22/h2-9,12,15H,11H2,1H3,(H,21,23)/t15-/m0/s1. The van der Waals surface area contributed by atoms with E-state index < -0.39 is 11.9 Å². The van der Waals surface area contributed by atoms with E-state index in [1.807, 2.05) is 4.57 Å². The molecule has 2 heterocycles. The Bertz CT molecular complexity index is 893. The molecule has 0 saturated heterocycles. The van der Waals surface area contributed by atoms with Gasteiger partial charge in [0.25, 0.3) is 5.91 Å². The smallest absolute Gasteiger partial charge is 0.288 e. The van der Waals surface area contributed by atoms with E-state index in [9.17, 15) is 10.1 Å². The lowest BCUT2D eigenvalue weighted by atomic mass is 10.1. The number of methoxy groups -OCH3 is 1. The first-order valence-electron chi connectivity index (χ1n) is 7.59. The summed E-state index contributed by atoms with van der Waals surface area (Å²) < 4.78 is 12.6. The zero-order valence-corrected chi connectivity index (χ0v) is 13.5. The highest BCUT2D eigenvalue weighted by molar-refractivity contribution is 5.92. The molecule has 0 radical (unpaired) electrons. The fourth-order valence-corrected chi connectivity index (χ4v) is 2.43. The summed E-state index contributed by atoms with van der Waals surface area (Å²) in [7, 11) is 1.52. The van der Waals surface area contributed by atoms with Crippen molar-refractivity contribution >= 4 is 5.91 Å². The quantitative estimate of drug-likeness (QED) is 0.746. The van der Waals surface area contributed by atoms with Gasteiger partial charge in [-0.05, 0) is 18.2 Å². The number of nitriles is 1. The number of benzene rings is 1. The monoisotopic (exact) mass is 336 g/mol. The van der Waals surface area contributed by atoms with Gasteiger partial charge in [0.2, 0.25) is 0 Å². The minimum absolute atomic E-state index is 0.144. The van der Waals surface area contributed by atoms with Gasteiger partial charge in [-0.15, -0.1) is 0 Å². The third-order valence-electron chi connectivity index (χ3n) is 3.64. The van der Waals surface area contributed by atoms with Gasteiger partial charge < -0.3 is 19.0 Å². The van der Waals surface area contributed by atoms with Crippen molar-refractivity contribution in [3.05, 3.63) is 72.2 Å². The Balaban J connectivity index is 1.72. The van der Waals surface area contributed by atoms with E-state index >= 15 is 0 Å². The van der Waals surface area contributed by atoms with Crippen LogP contribution in [0.1, 0.15) is 27.9 Å². The van der Waals surface area contributed by atoms with Crippen molar-refractivity contribution in [1.82, 2.24) is 14.9 Å². The summed E-state index contributed by atoms with van der Waals surface area (Å²) >= 11 is 0. The molecule has 7 nitrogen and oxygen atoms in total. The van der Waals surface area contributed by atoms with Crippen molar-refractivity contribution < 1.29 is 13.9 Å². The molecule has 0 aliphatic rings. The van der Waals surface area contributed by atoms with Crippen LogP contribution >= 0.6 is 0 Å². The number of imidazole rings is 1. The Morgan fingerprint density at radius 2 is 2.24 bits per heavy atom. The number of carbonyl (C=O) groups is 1. The SMILES string of the molecule is COc1ccccc1[C@H](C#N)NC(=O)c1ccc(Cn2ccnc2)o1. The number of para-hydroxylation sites is 1. The molecular weight excluding hydrogens is 320 g/mol. The van der Waals surface area contributed by atoms with E-state index in [4.69, 9.17) is 9.15 Å². The van der Waals surface area contributed by atoms with Gasteiger partial charge >= 0.3 is 0 Å². The van der Waals surface area contributed by atoms with Gasteiger partial charge in [0.1, 0.15) is 17.6 Å². The maximum Gasteiger partial charge on any atom is 0.288 e. The second-order valence-corrected chi connectivity index (χ2v) is 5.28. The minimum Gasteiger partial charge on any atom is -0.496 e. The summed E-state index contributed by atoms with van der Waals surface area (Å²) in [6.45, 7) is 0.474. The summed E-state index contributed by atoms with van der Waals surface area (Å²) in [5, 5.41) is 12.1. The molecule has 0 aliphatic carbocycles. The second-order valence-electron chi connectivity index (χ2n) is 5.28. The molecule has 1 N–H and O–H groups in total. The van der Waals surface area contributed by atoms with Crippen molar-refractivity contribution in [2.24, 2.45) is 0 Å². The van der Waals surface area contributed by atoms with Crippen LogP contribution in [0.25, 0.3) is 0 Å². The van der Waals surface area contributed by atoms with Crippen LogP contribution in [0.2, 0.25) is 0 Å². The van der Waals surface area contributed by atoms with E-state index in [0.29, 0.717) is 23.6 Å². The molecule has 0 saturated carbocycles. The molecule has 126 valence electrons. The Kier molecular flexibility index (Phi) is 4.81. The number of rotatable bonds is 6. The first-order chi connectivity index (χ1) is 12.2. The van der Waals surface area contributed by atoms with Gasteiger partial charge in [-0.1, -0.05) is 18.2 Å². The van der Waals surface area contributed by atoms with Crippen LogP contribution in [0.4, 0.5) is 0 Å². The van der Waals surface area contributed by atoms with Crippen LogP contribution in [0.3, 0.4) is 0 Å². The van der Waals surface area contributed by atoms with Gasteiger partial charge in [0.15, 0.2) is 5.76 Å². The molecule has 2 aromatic heterocycles. The number of nitrogens with one attached hydrogen (secondary N) is 1. The Labute approximate surface area is 144 Å². The van der Waals surface area contributed by atoms with E-state index in [1.165, 1.54) is 7.11 Å². The number of furan rings is 1. The third-order valence-corrected chi connectivity index (χ3v) is 3.64. The van der Waals surface area contributed by atoms with Crippen LogP contribution < -0.4 is 10.1 Å². The lowest BCUT2D eigenvalue weighted by Crippen LogP contribution is -2.27. The van der Waals surface area contributed by atoms with Gasteiger partial charge in [-0.3, -0.25) is 4.79 Å². The van der Waals surface area contributed by atoms with Crippen molar-refractivity contribution in [3.8, 4) is 11.8 Å². The lowest BCUT2D eigenvalue weighted by molar-refractivity contribution is 0.0915. The molecule has 0 unspecified atom stereocenters. The molecule has 0 bridgehead atoms. The molecule has 3 rings (SSSR count). The average molecular weight is 336 g/mol. The molecular formula is C18H16N4O3. The predicted molar refractivity (Wildman–Crippen MR) is 88.9 cm³/mol. The topological polar surface area (TPSA) is 93.1 Å². The summed E-state index contributed by atoms with van der Waals surface area (Å²) in [6, 6.07) is 11.6. The Hall–Kier alpha value is -3.53. The molecule has 0 fully saturated rings. The highest BCUT2D eigenvalue weighted by Gasteiger charge is 2.20. The largest absolute Gasteiger partial charge is 0.496 e. The summed E-state index contributed by atoms with van der Waals surface area (Å²) in [4.78, 5) is 16.3. The zero-order chi connectivity index (χ0) is 17.6. The van der Waals surface area contributed by atoms with E-state index in [1.54, 1.807) is 55.1 Å². The van der Waals surface area contributed by atoms with Crippen molar-refractivity contribution in [2.75, 3.05) is 7.11 Å². The summed E-state index contributed by atoms with van der Waals surface area (Å²) in [5.41, 5.74) is 0.589.